The van der Waals surface area contributed by atoms with Crippen LogP contribution in [0, 0.1) is 34.0 Å². The molecule has 6 unspecified atom stereocenters. The highest BCUT2D eigenvalue weighted by Gasteiger charge is 2.62. The van der Waals surface area contributed by atoms with Crippen molar-refractivity contribution in [3.8, 4) is 0 Å². The van der Waals surface area contributed by atoms with Crippen LogP contribution >= 0.6 is 0 Å². The van der Waals surface area contributed by atoms with E-state index in [1.165, 1.54) is 89.2 Å². The second-order valence-corrected chi connectivity index (χ2v) is 12.5. The SMILES string of the molecule is CC.CCCCCC1(C)CCC[C@]2(C)C1CCC1(C)C(CCCC3=CCC(O)NN3)CCC12. The van der Waals surface area contributed by atoms with E-state index in [0.29, 0.717) is 16.2 Å². The molecule has 3 aliphatic carbocycles. The number of hydrogen-bond acceptors (Lipinski definition) is 3. The predicted octanol–water partition coefficient (Wildman–Crippen LogP) is 8.10. The highest BCUT2D eigenvalue weighted by Crippen LogP contribution is 2.70. The number of allylic oxidation sites excluding steroid dienone is 1. The topological polar surface area (TPSA) is 44.3 Å². The van der Waals surface area contributed by atoms with E-state index in [9.17, 15) is 5.11 Å². The summed E-state index contributed by atoms with van der Waals surface area (Å²) in [7, 11) is 0. The van der Waals surface area contributed by atoms with Crippen LogP contribution in [0.5, 0.6) is 0 Å². The Kier molecular flexibility index (Phi) is 9.40. The zero-order valence-corrected chi connectivity index (χ0v) is 22.9. The minimum Gasteiger partial charge on any atom is -0.377 e. The number of rotatable bonds is 8. The molecule has 192 valence electrons. The fraction of sp³-hybridized carbons (Fsp3) is 0.933. The number of nitrogens with one attached hydrogen (secondary N) is 2. The number of hydrazine groups is 1. The molecular weight excluding hydrogens is 404 g/mol. The quantitative estimate of drug-likeness (QED) is 0.321. The number of unbranched alkanes of at least 4 members (excludes halogenated alkanes) is 2. The van der Waals surface area contributed by atoms with Crippen LogP contribution < -0.4 is 10.9 Å². The van der Waals surface area contributed by atoms with Gasteiger partial charge >= 0.3 is 0 Å². The van der Waals surface area contributed by atoms with Crippen LogP contribution in [0.1, 0.15) is 138 Å². The number of aliphatic hydroxyl groups excluding tert-OH is 1. The molecule has 0 amide bonds. The maximum Gasteiger partial charge on any atom is 0.124 e. The van der Waals surface area contributed by atoms with Gasteiger partial charge in [0.2, 0.25) is 0 Å². The molecule has 3 fully saturated rings. The van der Waals surface area contributed by atoms with E-state index >= 15 is 0 Å². The van der Waals surface area contributed by atoms with Crippen molar-refractivity contribution in [2.24, 2.45) is 34.0 Å². The van der Waals surface area contributed by atoms with Crippen LogP contribution in [0.3, 0.4) is 0 Å². The summed E-state index contributed by atoms with van der Waals surface area (Å²) in [6.45, 7) is 14.4. The van der Waals surface area contributed by atoms with E-state index < -0.39 is 6.23 Å². The first-order valence-electron chi connectivity index (χ1n) is 14.7. The van der Waals surface area contributed by atoms with Crippen LogP contribution in [0.4, 0.5) is 0 Å². The number of fused-ring (bicyclic) bond motifs is 3. The summed E-state index contributed by atoms with van der Waals surface area (Å²) in [4.78, 5) is 0. The van der Waals surface area contributed by atoms with Gasteiger partial charge in [0.25, 0.3) is 0 Å². The summed E-state index contributed by atoms with van der Waals surface area (Å²) in [5, 5.41) is 9.59. The molecule has 0 bridgehead atoms. The number of aliphatic hydroxyl groups is 1. The van der Waals surface area contributed by atoms with Crippen LogP contribution in [0.15, 0.2) is 11.8 Å². The summed E-state index contributed by atoms with van der Waals surface area (Å²) in [6, 6.07) is 0. The Balaban J connectivity index is 0.00000149. The Morgan fingerprint density at radius 1 is 0.939 bits per heavy atom. The third-order valence-electron chi connectivity index (χ3n) is 10.7. The second kappa shape index (κ2) is 11.5. The zero-order valence-electron chi connectivity index (χ0n) is 22.9. The largest absolute Gasteiger partial charge is 0.377 e. The summed E-state index contributed by atoms with van der Waals surface area (Å²) in [5.74, 6) is 2.81. The van der Waals surface area contributed by atoms with E-state index in [4.69, 9.17) is 0 Å². The van der Waals surface area contributed by atoms with Gasteiger partial charge in [-0.25, -0.2) is 5.43 Å². The van der Waals surface area contributed by atoms with E-state index in [0.717, 1.165) is 30.6 Å². The molecule has 3 saturated carbocycles. The van der Waals surface area contributed by atoms with Crippen LogP contribution in [0.25, 0.3) is 0 Å². The molecule has 0 aromatic carbocycles. The highest BCUT2D eigenvalue weighted by molar-refractivity contribution is 5.12. The lowest BCUT2D eigenvalue weighted by molar-refractivity contribution is -0.134. The molecule has 1 heterocycles. The average Bonchev–Trinajstić information content (AvgIpc) is 3.14. The van der Waals surface area contributed by atoms with E-state index in [2.05, 4.69) is 44.6 Å². The lowest BCUT2D eigenvalue weighted by atomic mass is 9.42. The standard InChI is InChI=1S/C28H50N2O.C2H6/c1-5-6-7-17-26(2)18-9-19-28(4)23(26)16-20-27(3)21(12-14-24(27)28)10-8-11-22-13-15-25(31)30-29-22;1-2/h13,21,23-25,29-31H,5-12,14-20H2,1-4H3;1-2H3/t21?,23?,24?,25?,26?,27?,28-;/m1./s1. The fourth-order valence-corrected chi connectivity index (χ4v) is 9.14. The molecule has 0 saturated heterocycles. The Labute approximate surface area is 205 Å². The molecule has 4 rings (SSSR count). The van der Waals surface area contributed by atoms with Crippen LogP contribution in [0.2, 0.25) is 0 Å². The first-order valence-corrected chi connectivity index (χ1v) is 14.7. The Bertz CT molecular complexity index is 647. The van der Waals surface area contributed by atoms with Gasteiger partial charge in [-0.15, -0.1) is 0 Å². The van der Waals surface area contributed by atoms with E-state index in [-0.39, 0.29) is 0 Å². The van der Waals surface area contributed by atoms with Gasteiger partial charge in [0.1, 0.15) is 6.23 Å². The van der Waals surface area contributed by atoms with Gasteiger partial charge in [0.15, 0.2) is 0 Å². The minimum atomic E-state index is -0.433. The summed E-state index contributed by atoms with van der Waals surface area (Å²) in [5.41, 5.74) is 9.17. The molecule has 33 heavy (non-hydrogen) atoms. The molecule has 3 nitrogen and oxygen atoms in total. The first kappa shape index (κ1) is 27.1. The maximum absolute atomic E-state index is 9.59. The molecule has 3 heteroatoms. The summed E-state index contributed by atoms with van der Waals surface area (Å²) >= 11 is 0. The van der Waals surface area contributed by atoms with Crippen molar-refractivity contribution < 1.29 is 5.11 Å². The van der Waals surface area contributed by atoms with Gasteiger partial charge in [-0.2, -0.15) is 0 Å². The molecule has 1 aliphatic heterocycles. The third-order valence-corrected chi connectivity index (χ3v) is 10.7. The molecule has 0 aromatic heterocycles. The molecule has 0 aromatic rings. The van der Waals surface area contributed by atoms with Gasteiger partial charge in [0.05, 0.1) is 0 Å². The Morgan fingerprint density at radius 3 is 2.42 bits per heavy atom. The maximum atomic E-state index is 9.59. The second-order valence-electron chi connectivity index (χ2n) is 12.5. The first-order chi connectivity index (χ1) is 15.8. The van der Waals surface area contributed by atoms with Crippen molar-refractivity contribution >= 4 is 0 Å². The van der Waals surface area contributed by atoms with Gasteiger partial charge < -0.3 is 10.5 Å². The van der Waals surface area contributed by atoms with Gasteiger partial charge in [-0.1, -0.05) is 73.3 Å². The fourth-order valence-electron chi connectivity index (χ4n) is 9.14. The molecule has 4 aliphatic rings. The van der Waals surface area contributed by atoms with Crippen molar-refractivity contribution in [3.63, 3.8) is 0 Å². The normalized spacial score (nSPS) is 42.3. The predicted molar refractivity (Wildman–Crippen MR) is 141 cm³/mol. The zero-order chi connectivity index (χ0) is 24.1. The highest BCUT2D eigenvalue weighted by atomic mass is 16.3. The van der Waals surface area contributed by atoms with Crippen molar-refractivity contribution in [1.29, 1.82) is 0 Å². The van der Waals surface area contributed by atoms with Crippen molar-refractivity contribution in [2.75, 3.05) is 0 Å². The molecule has 0 radical (unpaired) electrons. The third kappa shape index (κ3) is 5.50. The van der Waals surface area contributed by atoms with Gasteiger partial charge in [0, 0.05) is 12.1 Å². The smallest absolute Gasteiger partial charge is 0.124 e. The van der Waals surface area contributed by atoms with Crippen LogP contribution in [-0.4, -0.2) is 11.3 Å². The molecule has 3 N–H and O–H groups in total. The number of hydrogen-bond donors (Lipinski definition) is 3. The summed E-state index contributed by atoms with van der Waals surface area (Å²) in [6.07, 6.45) is 22.2. The molecule has 7 atom stereocenters. The monoisotopic (exact) mass is 460 g/mol. The minimum absolute atomic E-state index is 0.433. The van der Waals surface area contributed by atoms with Crippen LogP contribution in [-0.2, 0) is 0 Å². The molecule has 0 spiro atoms. The van der Waals surface area contributed by atoms with Crippen molar-refractivity contribution in [1.82, 2.24) is 10.9 Å². The lowest BCUT2D eigenvalue weighted by Crippen LogP contribution is -2.55. The Morgan fingerprint density at radius 2 is 1.73 bits per heavy atom. The van der Waals surface area contributed by atoms with Gasteiger partial charge in [-0.05, 0) is 98.2 Å². The van der Waals surface area contributed by atoms with E-state index in [1.807, 2.05) is 13.8 Å². The molecular formula is C30H56N2O. The van der Waals surface area contributed by atoms with Crippen molar-refractivity contribution in [2.45, 2.75) is 144 Å². The van der Waals surface area contributed by atoms with Gasteiger partial charge in [-0.3, -0.25) is 0 Å². The summed E-state index contributed by atoms with van der Waals surface area (Å²) < 4.78 is 0. The van der Waals surface area contributed by atoms with E-state index in [1.54, 1.807) is 0 Å². The lowest BCUT2D eigenvalue weighted by Gasteiger charge is -2.62. The van der Waals surface area contributed by atoms with Crippen molar-refractivity contribution in [3.05, 3.63) is 11.8 Å². The Hall–Kier alpha value is -0.540. The average molecular weight is 461 g/mol.